The number of phenols is 1. The molecule has 0 radical (unpaired) electrons. The van der Waals surface area contributed by atoms with Crippen molar-refractivity contribution in [1.29, 1.82) is 0 Å². The van der Waals surface area contributed by atoms with Crippen LogP contribution in [0.5, 0.6) is 5.75 Å². The molecule has 1 aliphatic heterocycles. The van der Waals surface area contributed by atoms with Gasteiger partial charge in [-0.15, -0.1) is 0 Å². The van der Waals surface area contributed by atoms with Crippen LogP contribution >= 0.6 is 33.9 Å². The molecule has 36 heavy (non-hydrogen) atoms. The highest BCUT2D eigenvalue weighted by molar-refractivity contribution is 14.1. The standard InChI is InChI=1S/C27H18IN3O4S/c28-20-12-15(13-21(25(20)32)31(34)35)14-22-26(33)30-24(17-7-2-1-3-8-17)19-11-10-16-6-4-5-9-18(16)23(19)29-27(30)36-22/h1-9,12-14,24,32H,10-11H2. The van der Waals surface area contributed by atoms with Crippen molar-refractivity contribution >= 4 is 51.4 Å². The highest BCUT2D eigenvalue weighted by Gasteiger charge is 2.32. The van der Waals surface area contributed by atoms with Gasteiger partial charge in [0.15, 0.2) is 4.80 Å². The fourth-order valence-electron chi connectivity index (χ4n) is 4.94. The van der Waals surface area contributed by atoms with Crippen LogP contribution in [0.2, 0.25) is 0 Å². The van der Waals surface area contributed by atoms with Gasteiger partial charge < -0.3 is 5.11 Å². The van der Waals surface area contributed by atoms with E-state index in [-0.39, 0.29) is 17.4 Å². The number of nitro groups is 1. The van der Waals surface area contributed by atoms with Gasteiger partial charge in [0.2, 0.25) is 5.75 Å². The predicted molar refractivity (Wildman–Crippen MR) is 147 cm³/mol. The summed E-state index contributed by atoms with van der Waals surface area (Å²) in [6.45, 7) is 0. The van der Waals surface area contributed by atoms with E-state index < -0.39 is 10.6 Å². The number of allylic oxidation sites excluding steroid dienone is 1. The van der Waals surface area contributed by atoms with E-state index in [0.29, 0.717) is 18.5 Å². The number of fused-ring (bicyclic) bond motifs is 3. The summed E-state index contributed by atoms with van der Waals surface area (Å²) in [5.41, 5.74) is 5.29. The fraction of sp³-hybridized carbons (Fsp3) is 0.111. The quantitative estimate of drug-likeness (QED) is 0.210. The summed E-state index contributed by atoms with van der Waals surface area (Å²) in [6, 6.07) is 20.9. The third kappa shape index (κ3) is 3.70. The van der Waals surface area contributed by atoms with Crippen LogP contribution in [0.15, 0.2) is 82.1 Å². The number of phenolic OH excluding ortho intramolecular Hbond substituents is 1. The Balaban J connectivity index is 1.61. The van der Waals surface area contributed by atoms with E-state index in [2.05, 4.69) is 12.1 Å². The minimum absolute atomic E-state index is 0.191. The zero-order chi connectivity index (χ0) is 25.0. The van der Waals surface area contributed by atoms with Crippen LogP contribution < -0.4 is 14.9 Å². The molecule has 1 aromatic heterocycles. The lowest BCUT2D eigenvalue weighted by molar-refractivity contribution is -0.386. The van der Waals surface area contributed by atoms with Crippen LogP contribution in [0.25, 0.3) is 11.8 Å². The molecule has 0 bridgehead atoms. The smallest absolute Gasteiger partial charge is 0.312 e. The molecule has 1 atom stereocenters. The molecule has 1 N–H and O–H groups in total. The second-order valence-electron chi connectivity index (χ2n) is 8.65. The van der Waals surface area contributed by atoms with Crippen molar-refractivity contribution in [2.75, 3.05) is 0 Å². The van der Waals surface area contributed by atoms with Gasteiger partial charge in [-0.1, -0.05) is 65.9 Å². The molecule has 0 saturated carbocycles. The summed E-state index contributed by atoms with van der Waals surface area (Å²) in [6.07, 6.45) is 3.33. The number of nitro benzene ring substituents is 1. The van der Waals surface area contributed by atoms with E-state index in [1.165, 1.54) is 23.0 Å². The Hall–Kier alpha value is -3.57. The summed E-state index contributed by atoms with van der Waals surface area (Å²) in [7, 11) is 0. The van der Waals surface area contributed by atoms with Crippen molar-refractivity contribution in [3.05, 3.63) is 128 Å². The summed E-state index contributed by atoms with van der Waals surface area (Å²) in [5.74, 6) is -0.380. The molecule has 7 nitrogen and oxygen atoms in total. The number of hydrogen-bond acceptors (Lipinski definition) is 6. The summed E-state index contributed by atoms with van der Waals surface area (Å²) in [5, 5.41) is 21.5. The number of thiazole rings is 1. The highest BCUT2D eigenvalue weighted by atomic mass is 127. The Labute approximate surface area is 222 Å². The van der Waals surface area contributed by atoms with E-state index in [4.69, 9.17) is 4.99 Å². The van der Waals surface area contributed by atoms with Crippen LogP contribution in [0.1, 0.15) is 34.7 Å². The zero-order valence-corrected chi connectivity index (χ0v) is 21.7. The first-order valence-electron chi connectivity index (χ1n) is 11.3. The number of aryl methyl sites for hydroxylation is 1. The molecular weight excluding hydrogens is 589 g/mol. The van der Waals surface area contributed by atoms with Crippen molar-refractivity contribution in [3.63, 3.8) is 0 Å². The number of aromatic hydroxyl groups is 1. The maximum Gasteiger partial charge on any atom is 0.312 e. The lowest BCUT2D eigenvalue weighted by atomic mass is 9.83. The molecule has 0 amide bonds. The number of benzene rings is 3. The number of hydrogen-bond donors (Lipinski definition) is 1. The highest BCUT2D eigenvalue weighted by Crippen LogP contribution is 2.41. The Morgan fingerprint density at radius 3 is 2.64 bits per heavy atom. The summed E-state index contributed by atoms with van der Waals surface area (Å²) < 4.78 is 2.52. The largest absolute Gasteiger partial charge is 0.501 e. The predicted octanol–water partition coefficient (Wildman–Crippen LogP) is 4.54. The lowest BCUT2D eigenvalue weighted by Crippen LogP contribution is -2.38. The van der Waals surface area contributed by atoms with E-state index in [9.17, 15) is 20.0 Å². The first-order chi connectivity index (χ1) is 17.4. The minimum Gasteiger partial charge on any atom is -0.501 e. The van der Waals surface area contributed by atoms with Crippen LogP contribution in [-0.2, 0) is 6.42 Å². The molecule has 0 fully saturated rings. The van der Waals surface area contributed by atoms with Gasteiger partial charge in [-0.2, -0.15) is 0 Å². The first-order valence-corrected chi connectivity index (χ1v) is 13.2. The van der Waals surface area contributed by atoms with Crippen LogP contribution in [0.4, 0.5) is 5.69 Å². The van der Waals surface area contributed by atoms with Crippen LogP contribution in [-0.4, -0.2) is 14.6 Å². The van der Waals surface area contributed by atoms with Crippen LogP contribution in [0, 0.1) is 13.7 Å². The second kappa shape index (κ2) is 8.82. The average molecular weight is 607 g/mol. The molecule has 0 spiro atoms. The molecular formula is C27H18IN3O4S. The summed E-state index contributed by atoms with van der Waals surface area (Å²) in [4.78, 5) is 30.1. The minimum atomic E-state index is -0.628. The SMILES string of the molecule is O=c1c(=Cc2cc(I)c(O)c([N+](=O)[O-])c2)sc2n1C(c1ccccc1)C1=C(N=2)c2ccccc2CC1. The molecule has 1 unspecified atom stereocenters. The normalized spacial score (nSPS) is 16.7. The Morgan fingerprint density at radius 2 is 1.86 bits per heavy atom. The van der Waals surface area contributed by atoms with Gasteiger partial charge in [-0.05, 0) is 69.8 Å². The Bertz CT molecular complexity index is 1770. The number of nitrogens with zero attached hydrogens (tertiary/aromatic N) is 3. The van der Waals surface area contributed by atoms with E-state index in [0.717, 1.165) is 35.2 Å². The molecule has 1 aliphatic carbocycles. The van der Waals surface area contributed by atoms with Crippen molar-refractivity contribution < 1.29 is 10.0 Å². The number of rotatable bonds is 3. The van der Waals surface area contributed by atoms with E-state index >= 15 is 0 Å². The molecule has 178 valence electrons. The molecule has 9 heteroatoms. The maximum atomic E-state index is 13.8. The average Bonchev–Trinajstić information content (AvgIpc) is 3.19. The first kappa shape index (κ1) is 22.9. The van der Waals surface area contributed by atoms with Gasteiger partial charge in [0.05, 0.1) is 24.8 Å². The fourth-order valence-corrected chi connectivity index (χ4v) is 6.57. The third-order valence-corrected chi connectivity index (χ3v) is 8.35. The maximum absolute atomic E-state index is 13.8. The third-order valence-electron chi connectivity index (χ3n) is 6.55. The van der Waals surface area contributed by atoms with Crippen molar-refractivity contribution in [3.8, 4) is 5.75 Å². The topological polar surface area (TPSA) is 97.7 Å². The van der Waals surface area contributed by atoms with Gasteiger partial charge in [-0.25, -0.2) is 4.99 Å². The van der Waals surface area contributed by atoms with Gasteiger partial charge in [0.1, 0.15) is 0 Å². The van der Waals surface area contributed by atoms with Crippen LogP contribution in [0.3, 0.4) is 0 Å². The molecule has 2 heterocycles. The van der Waals surface area contributed by atoms with Crippen molar-refractivity contribution in [1.82, 2.24) is 4.57 Å². The zero-order valence-electron chi connectivity index (χ0n) is 18.7. The summed E-state index contributed by atoms with van der Waals surface area (Å²) >= 11 is 3.12. The Kier molecular flexibility index (Phi) is 5.60. The van der Waals surface area contributed by atoms with E-state index in [1.54, 1.807) is 16.7 Å². The molecule has 2 aliphatic rings. The van der Waals surface area contributed by atoms with Gasteiger partial charge in [0.25, 0.3) is 5.56 Å². The van der Waals surface area contributed by atoms with Crippen molar-refractivity contribution in [2.24, 2.45) is 4.99 Å². The van der Waals surface area contributed by atoms with Gasteiger partial charge in [0, 0.05) is 11.6 Å². The number of halogens is 1. The lowest BCUT2D eigenvalue weighted by Gasteiger charge is -2.30. The molecule has 3 aromatic carbocycles. The second-order valence-corrected chi connectivity index (χ2v) is 10.8. The van der Waals surface area contributed by atoms with Gasteiger partial charge >= 0.3 is 5.69 Å². The Morgan fingerprint density at radius 1 is 1.11 bits per heavy atom. The molecule has 0 saturated heterocycles. The number of aromatic nitrogens is 1. The molecule has 4 aromatic rings. The van der Waals surface area contributed by atoms with E-state index in [1.807, 2.05) is 65.1 Å². The van der Waals surface area contributed by atoms with Crippen molar-refractivity contribution in [2.45, 2.75) is 18.9 Å². The van der Waals surface area contributed by atoms with Gasteiger partial charge in [-0.3, -0.25) is 19.5 Å². The monoisotopic (exact) mass is 607 g/mol. The molecule has 6 rings (SSSR count).